The second kappa shape index (κ2) is 12.1. The van der Waals surface area contributed by atoms with E-state index in [2.05, 4.69) is 12.2 Å². The monoisotopic (exact) mass is 405 g/mol. The molecule has 0 unspecified atom stereocenters. The molecule has 0 aliphatic heterocycles. The molecule has 0 heterocycles. The van der Waals surface area contributed by atoms with Crippen molar-refractivity contribution in [2.24, 2.45) is 0 Å². The second-order valence-corrected chi connectivity index (χ2v) is 7.87. The standard InChI is InChI=1S/C23H35NO5/c1-7-9-14-28-20-12-10-18(11-13-20)16-19(15-17(3)21(25)27-8-2)24-22(26)29-23(4,5)6/h10-13,15,19H,7-9,14,16H2,1-6H3,(H,24,26)/b17-15-/t19-/m1/s1. The Kier molecular flexibility index (Phi) is 10.3. The average Bonchev–Trinajstić information content (AvgIpc) is 2.61. The lowest BCUT2D eigenvalue weighted by atomic mass is 10.0. The normalized spacial score (nSPS) is 12.8. The highest BCUT2D eigenvalue weighted by atomic mass is 16.6. The molecule has 0 saturated heterocycles. The van der Waals surface area contributed by atoms with E-state index < -0.39 is 23.7 Å². The Balaban J connectivity index is 2.88. The molecule has 0 spiro atoms. The highest BCUT2D eigenvalue weighted by molar-refractivity contribution is 5.88. The van der Waals surface area contributed by atoms with Gasteiger partial charge in [0.25, 0.3) is 0 Å². The van der Waals surface area contributed by atoms with E-state index in [4.69, 9.17) is 14.2 Å². The minimum absolute atomic E-state index is 0.299. The fourth-order valence-corrected chi connectivity index (χ4v) is 2.54. The number of rotatable bonds is 10. The summed E-state index contributed by atoms with van der Waals surface area (Å²) in [5.74, 6) is 0.417. The van der Waals surface area contributed by atoms with Gasteiger partial charge in [-0.15, -0.1) is 0 Å². The number of nitrogens with one attached hydrogen (secondary N) is 1. The molecule has 0 aromatic heterocycles. The van der Waals surface area contributed by atoms with Gasteiger partial charge in [0, 0.05) is 5.57 Å². The van der Waals surface area contributed by atoms with E-state index in [9.17, 15) is 9.59 Å². The minimum Gasteiger partial charge on any atom is -0.494 e. The summed E-state index contributed by atoms with van der Waals surface area (Å²) in [5, 5.41) is 2.83. The molecule has 162 valence electrons. The van der Waals surface area contributed by atoms with Gasteiger partial charge in [0.15, 0.2) is 0 Å². The van der Waals surface area contributed by atoms with Crippen molar-refractivity contribution >= 4 is 12.1 Å². The van der Waals surface area contributed by atoms with Crippen molar-refractivity contribution in [2.75, 3.05) is 13.2 Å². The molecule has 0 aliphatic rings. The Labute approximate surface area is 174 Å². The SMILES string of the molecule is CCCCOc1ccc(C[C@@H](/C=C(/C)C(=O)OCC)NC(=O)OC(C)(C)C)cc1. The molecule has 1 amide bonds. The lowest BCUT2D eigenvalue weighted by molar-refractivity contribution is -0.138. The number of hydrogen-bond acceptors (Lipinski definition) is 5. The summed E-state index contributed by atoms with van der Waals surface area (Å²) in [6.07, 6.45) is 3.78. The summed E-state index contributed by atoms with van der Waals surface area (Å²) >= 11 is 0. The summed E-state index contributed by atoms with van der Waals surface area (Å²) in [4.78, 5) is 24.2. The van der Waals surface area contributed by atoms with Crippen LogP contribution in [0.4, 0.5) is 4.79 Å². The predicted octanol–water partition coefficient (Wildman–Crippen LogP) is 4.81. The van der Waals surface area contributed by atoms with Gasteiger partial charge in [-0.1, -0.05) is 31.6 Å². The highest BCUT2D eigenvalue weighted by Gasteiger charge is 2.20. The Morgan fingerprint density at radius 3 is 2.34 bits per heavy atom. The first-order chi connectivity index (χ1) is 13.6. The summed E-state index contributed by atoms with van der Waals surface area (Å²) in [7, 11) is 0. The molecule has 0 aliphatic carbocycles. The third-order valence-corrected chi connectivity index (χ3v) is 3.90. The number of alkyl carbamates (subject to hydrolysis) is 1. The lowest BCUT2D eigenvalue weighted by Crippen LogP contribution is -2.39. The average molecular weight is 406 g/mol. The molecule has 1 aromatic rings. The first kappa shape index (κ1) is 24.5. The number of esters is 1. The van der Waals surface area contributed by atoms with E-state index in [0.29, 0.717) is 25.2 Å². The van der Waals surface area contributed by atoms with E-state index in [1.165, 1.54) is 0 Å². The number of carbonyl (C=O) groups is 2. The van der Waals surface area contributed by atoms with Gasteiger partial charge in [0.1, 0.15) is 11.4 Å². The van der Waals surface area contributed by atoms with Gasteiger partial charge < -0.3 is 19.5 Å². The summed E-state index contributed by atoms with van der Waals surface area (Å²) in [5.41, 5.74) is 0.834. The number of unbranched alkanes of at least 4 members (excludes halogenated alkanes) is 1. The number of benzene rings is 1. The quantitative estimate of drug-likeness (QED) is 0.343. The van der Waals surface area contributed by atoms with Crippen LogP contribution in [0, 0.1) is 0 Å². The van der Waals surface area contributed by atoms with Gasteiger partial charge >= 0.3 is 12.1 Å². The van der Waals surface area contributed by atoms with Gasteiger partial charge in [0.05, 0.1) is 19.3 Å². The van der Waals surface area contributed by atoms with Gasteiger partial charge in [-0.05, 0) is 65.2 Å². The molecule has 29 heavy (non-hydrogen) atoms. The molecule has 1 N–H and O–H groups in total. The van der Waals surface area contributed by atoms with Crippen LogP contribution in [0.15, 0.2) is 35.9 Å². The number of ether oxygens (including phenoxy) is 3. The fourth-order valence-electron chi connectivity index (χ4n) is 2.54. The van der Waals surface area contributed by atoms with Crippen LogP contribution in [0.2, 0.25) is 0 Å². The molecule has 6 nitrogen and oxygen atoms in total. The zero-order chi connectivity index (χ0) is 21.9. The summed E-state index contributed by atoms with van der Waals surface area (Å²) in [6, 6.07) is 7.33. The second-order valence-electron chi connectivity index (χ2n) is 7.87. The Bertz CT molecular complexity index is 674. The van der Waals surface area contributed by atoms with Crippen LogP contribution in [0.3, 0.4) is 0 Å². The minimum atomic E-state index is -0.605. The maximum absolute atomic E-state index is 12.2. The molecule has 6 heteroatoms. The van der Waals surface area contributed by atoms with Gasteiger partial charge in [-0.25, -0.2) is 9.59 Å². The third-order valence-electron chi connectivity index (χ3n) is 3.90. The van der Waals surface area contributed by atoms with Crippen LogP contribution < -0.4 is 10.1 Å². The van der Waals surface area contributed by atoms with Crippen LogP contribution in [0.5, 0.6) is 5.75 Å². The van der Waals surface area contributed by atoms with Crippen molar-refractivity contribution in [3.8, 4) is 5.75 Å². The molecular weight excluding hydrogens is 370 g/mol. The fraction of sp³-hybridized carbons (Fsp3) is 0.565. The lowest BCUT2D eigenvalue weighted by Gasteiger charge is -2.23. The Hall–Kier alpha value is -2.50. The van der Waals surface area contributed by atoms with Crippen LogP contribution >= 0.6 is 0 Å². The van der Waals surface area contributed by atoms with Crippen molar-refractivity contribution in [2.45, 2.75) is 72.4 Å². The van der Waals surface area contributed by atoms with Crippen LogP contribution in [-0.4, -0.2) is 36.9 Å². The molecule has 0 radical (unpaired) electrons. The van der Waals surface area contributed by atoms with E-state index in [0.717, 1.165) is 24.2 Å². The van der Waals surface area contributed by atoms with Gasteiger partial charge in [0.2, 0.25) is 0 Å². The van der Waals surface area contributed by atoms with Crippen molar-refractivity contribution in [1.82, 2.24) is 5.32 Å². The Morgan fingerprint density at radius 1 is 1.14 bits per heavy atom. The maximum Gasteiger partial charge on any atom is 0.408 e. The molecule has 0 saturated carbocycles. The first-order valence-electron chi connectivity index (χ1n) is 10.2. The zero-order valence-electron chi connectivity index (χ0n) is 18.5. The highest BCUT2D eigenvalue weighted by Crippen LogP contribution is 2.16. The zero-order valence-corrected chi connectivity index (χ0v) is 18.5. The molecule has 1 atom stereocenters. The molecule has 0 bridgehead atoms. The smallest absolute Gasteiger partial charge is 0.408 e. The number of hydrogen-bond donors (Lipinski definition) is 1. The van der Waals surface area contributed by atoms with Crippen molar-refractivity contribution < 1.29 is 23.8 Å². The largest absolute Gasteiger partial charge is 0.494 e. The van der Waals surface area contributed by atoms with Gasteiger partial charge in [-0.3, -0.25) is 0 Å². The first-order valence-corrected chi connectivity index (χ1v) is 10.2. The molecular formula is C23H35NO5. The number of amides is 1. The van der Waals surface area contributed by atoms with Gasteiger partial charge in [-0.2, -0.15) is 0 Å². The summed E-state index contributed by atoms with van der Waals surface area (Å²) in [6.45, 7) is 12.0. The van der Waals surface area contributed by atoms with Crippen molar-refractivity contribution in [1.29, 1.82) is 0 Å². The van der Waals surface area contributed by atoms with E-state index in [1.807, 2.05) is 24.3 Å². The molecule has 1 aromatic carbocycles. The topological polar surface area (TPSA) is 73.9 Å². The van der Waals surface area contributed by atoms with Crippen LogP contribution in [0.25, 0.3) is 0 Å². The number of carbonyl (C=O) groups excluding carboxylic acids is 2. The Morgan fingerprint density at radius 2 is 1.79 bits per heavy atom. The van der Waals surface area contributed by atoms with E-state index in [-0.39, 0.29) is 0 Å². The molecule has 0 fully saturated rings. The predicted molar refractivity (Wildman–Crippen MR) is 114 cm³/mol. The van der Waals surface area contributed by atoms with E-state index >= 15 is 0 Å². The molecule has 1 rings (SSSR count). The van der Waals surface area contributed by atoms with Crippen molar-refractivity contribution in [3.63, 3.8) is 0 Å². The maximum atomic E-state index is 12.2. The van der Waals surface area contributed by atoms with Crippen LogP contribution in [0.1, 0.15) is 59.9 Å². The summed E-state index contributed by atoms with van der Waals surface area (Å²) < 4.78 is 16.1. The van der Waals surface area contributed by atoms with E-state index in [1.54, 1.807) is 40.7 Å². The van der Waals surface area contributed by atoms with Crippen molar-refractivity contribution in [3.05, 3.63) is 41.5 Å². The third kappa shape index (κ3) is 10.6. The van der Waals surface area contributed by atoms with Crippen LogP contribution in [-0.2, 0) is 20.7 Å².